The number of aromatic nitrogens is 4. The van der Waals surface area contributed by atoms with E-state index in [9.17, 15) is 31.6 Å². The summed E-state index contributed by atoms with van der Waals surface area (Å²) in [4.78, 5) is 16.1. The molecule has 0 aliphatic heterocycles. The number of alkyl halides is 6. The number of aromatic amines is 1. The highest BCUT2D eigenvalue weighted by atomic mass is 19.4. The van der Waals surface area contributed by atoms with Gasteiger partial charge in [-0.25, -0.2) is 14.5 Å². The third-order valence-electron chi connectivity index (χ3n) is 4.29. The number of carboxylic acids is 1. The van der Waals surface area contributed by atoms with Crippen LogP contribution in [0.3, 0.4) is 0 Å². The maximum absolute atomic E-state index is 12.8. The van der Waals surface area contributed by atoms with E-state index >= 15 is 0 Å². The predicted octanol–water partition coefficient (Wildman–Crippen LogP) is 4.94. The second kappa shape index (κ2) is 8.65. The summed E-state index contributed by atoms with van der Waals surface area (Å²) in [6, 6.07) is 8.53. The zero-order valence-corrected chi connectivity index (χ0v) is 16.1. The lowest BCUT2D eigenvalue weighted by Gasteiger charge is -2.09. The van der Waals surface area contributed by atoms with Gasteiger partial charge in [0.1, 0.15) is 11.7 Å². The molecule has 0 radical (unpaired) electrons. The van der Waals surface area contributed by atoms with Crippen molar-refractivity contribution in [2.75, 3.05) is 0 Å². The number of nitrogens with one attached hydrogen (secondary N) is 1. The van der Waals surface area contributed by atoms with Gasteiger partial charge in [-0.3, -0.25) is 0 Å². The molecular weight excluding hydrogens is 456 g/mol. The van der Waals surface area contributed by atoms with Crippen LogP contribution in [0.1, 0.15) is 11.1 Å². The number of fused-ring (bicyclic) bond motifs is 1. The Bertz CT molecular complexity index is 1350. The van der Waals surface area contributed by atoms with E-state index < -0.39 is 23.9 Å². The summed E-state index contributed by atoms with van der Waals surface area (Å²) in [5.41, 5.74) is 1.69. The number of rotatable bonds is 2. The molecule has 7 nitrogen and oxygen atoms in total. The molecule has 0 saturated carbocycles. The van der Waals surface area contributed by atoms with E-state index in [1.54, 1.807) is 30.9 Å². The number of carbonyl (C=O) groups is 1. The Hall–Kier alpha value is -4.34. The summed E-state index contributed by atoms with van der Waals surface area (Å²) >= 11 is 0. The van der Waals surface area contributed by atoms with E-state index in [4.69, 9.17) is 9.90 Å². The van der Waals surface area contributed by atoms with Gasteiger partial charge >= 0.3 is 18.3 Å². The van der Waals surface area contributed by atoms with Crippen molar-refractivity contribution in [1.82, 2.24) is 19.7 Å². The quantitative estimate of drug-likeness (QED) is 0.406. The Labute approximate surface area is 180 Å². The lowest BCUT2D eigenvalue weighted by molar-refractivity contribution is -0.192. The Balaban J connectivity index is 0.000000383. The number of halogens is 6. The van der Waals surface area contributed by atoms with Gasteiger partial charge in [0.15, 0.2) is 0 Å². The van der Waals surface area contributed by atoms with Crippen LogP contribution < -0.4 is 0 Å². The number of benzene rings is 1. The Morgan fingerprint density at radius 3 is 2.42 bits per heavy atom. The number of carboxylic acid groups (broad SMARTS) is 1. The van der Waals surface area contributed by atoms with Crippen LogP contribution in [-0.2, 0) is 11.0 Å². The molecule has 2 N–H and O–H groups in total. The first-order valence-electron chi connectivity index (χ1n) is 8.81. The molecule has 0 aliphatic carbocycles. The highest BCUT2D eigenvalue weighted by Gasteiger charge is 2.38. The Morgan fingerprint density at radius 2 is 1.82 bits per heavy atom. The molecule has 3 aromatic heterocycles. The number of H-pyrrole nitrogens is 1. The van der Waals surface area contributed by atoms with Gasteiger partial charge < -0.3 is 10.1 Å². The van der Waals surface area contributed by atoms with E-state index in [2.05, 4.69) is 15.1 Å². The van der Waals surface area contributed by atoms with Crippen LogP contribution in [0.5, 0.6) is 0 Å². The first kappa shape index (κ1) is 23.3. The largest absolute Gasteiger partial charge is 0.490 e. The van der Waals surface area contributed by atoms with Gasteiger partial charge in [-0.05, 0) is 35.9 Å². The Kier molecular flexibility index (Phi) is 6.12. The molecule has 13 heteroatoms. The van der Waals surface area contributed by atoms with E-state index in [0.29, 0.717) is 0 Å². The molecule has 33 heavy (non-hydrogen) atoms. The van der Waals surface area contributed by atoms with Crippen LogP contribution in [0.25, 0.3) is 27.8 Å². The monoisotopic (exact) mass is 467 g/mol. The molecule has 0 unspecified atom stereocenters. The predicted molar refractivity (Wildman–Crippen MR) is 102 cm³/mol. The average molecular weight is 467 g/mol. The van der Waals surface area contributed by atoms with Crippen molar-refractivity contribution in [3.63, 3.8) is 0 Å². The van der Waals surface area contributed by atoms with Gasteiger partial charge in [-0.15, -0.1) is 0 Å². The van der Waals surface area contributed by atoms with Gasteiger partial charge in [0.2, 0.25) is 0 Å². The minimum absolute atomic E-state index is 0.101. The molecule has 1 aromatic carbocycles. The van der Waals surface area contributed by atoms with Crippen molar-refractivity contribution in [3.05, 3.63) is 66.2 Å². The lowest BCUT2D eigenvalue weighted by Crippen LogP contribution is -2.21. The van der Waals surface area contributed by atoms with Crippen molar-refractivity contribution in [2.45, 2.75) is 12.4 Å². The van der Waals surface area contributed by atoms with Crippen LogP contribution in [0, 0.1) is 11.3 Å². The minimum atomic E-state index is -5.08. The summed E-state index contributed by atoms with van der Waals surface area (Å²) < 4.78 is 71.7. The molecule has 0 bridgehead atoms. The van der Waals surface area contributed by atoms with E-state index in [-0.39, 0.29) is 11.3 Å². The molecule has 4 aromatic rings. The second-order valence-corrected chi connectivity index (χ2v) is 6.42. The first-order chi connectivity index (χ1) is 15.4. The van der Waals surface area contributed by atoms with Gasteiger partial charge in [-0.1, -0.05) is 0 Å². The number of hydrogen-bond donors (Lipinski definition) is 2. The van der Waals surface area contributed by atoms with Crippen LogP contribution in [0.15, 0.2) is 55.1 Å². The van der Waals surface area contributed by atoms with Gasteiger partial charge in [0, 0.05) is 29.5 Å². The Morgan fingerprint density at radius 1 is 1.12 bits per heavy atom. The third-order valence-corrected chi connectivity index (χ3v) is 4.29. The normalized spacial score (nSPS) is 11.5. The SMILES string of the molecule is N#Cc1cc(C(F)(F)F)ccc1-n1cc(-c2ccnc3[nH]ccc23)cn1.O=C(O)C(F)(F)F. The van der Waals surface area contributed by atoms with Gasteiger partial charge in [0.05, 0.1) is 23.0 Å². The highest BCUT2D eigenvalue weighted by molar-refractivity contribution is 5.92. The second-order valence-electron chi connectivity index (χ2n) is 6.42. The van der Waals surface area contributed by atoms with E-state index in [0.717, 1.165) is 34.3 Å². The maximum atomic E-state index is 12.8. The van der Waals surface area contributed by atoms with Crippen molar-refractivity contribution in [2.24, 2.45) is 0 Å². The van der Waals surface area contributed by atoms with Crippen molar-refractivity contribution in [3.8, 4) is 22.9 Å². The zero-order valence-electron chi connectivity index (χ0n) is 16.1. The number of nitrogens with zero attached hydrogens (tertiary/aromatic N) is 4. The number of aliphatic carboxylic acids is 1. The summed E-state index contributed by atoms with van der Waals surface area (Å²) in [7, 11) is 0. The van der Waals surface area contributed by atoms with Crippen molar-refractivity contribution < 1.29 is 36.2 Å². The fourth-order valence-electron chi connectivity index (χ4n) is 2.81. The summed E-state index contributed by atoms with van der Waals surface area (Å²) in [5, 5.41) is 21.5. The molecule has 0 spiro atoms. The molecule has 3 heterocycles. The van der Waals surface area contributed by atoms with Crippen LogP contribution >= 0.6 is 0 Å². The molecular formula is C20H11F6N5O2. The fourth-order valence-corrected chi connectivity index (χ4v) is 2.81. The number of hydrogen-bond acceptors (Lipinski definition) is 4. The standard InChI is InChI=1S/C18H10F3N5.C2HF3O2/c19-18(20,21)13-1-2-16(11(7-13)8-22)26-10-12(9-25-26)14-3-5-23-17-15(14)4-6-24-17;3-2(4,5)1(6)7/h1-7,9-10H,(H,23,24);(H,6,7). The van der Waals surface area contributed by atoms with Crippen molar-refractivity contribution in [1.29, 1.82) is 5.26 Å². The minimum Gasteiger partial charge on any atom is -0.475 e. The van der Waals surface area contributed by atoms with Crippen LogP contribution in [0.4, 0.5) is 26.3 Å². The average Bonchev–Trinajstić information content (AvgIpc) is 3.42. The van der Waals surface area contributed by atoms with Gasteiger partial charge in [-0.2, -0.15) is 36.7 Å². The molecule has 0 atom stereocenters. The molecule has 4 rings (SSSR count). The summed E-state index contributed by atoms with van der Waals surface area (Å²) in [6.45, 7) is 0. The maximum Gasteiger partial charge on any atom is 0.490 e. The molecule has 0 fully saturated rings. The number of pyridine rings is 1. The van der Waals surface area contributed by atoms with Crippen LogP contribution in [-0.4, -0.2) is 37.0 Å². The first-order valence-corrected chi connectivity index (χ1v) is 8.81. The van der Waals surface area contributed by atoms with Crippen LogP contribution in [0.2, 0.25) is 0 Å². The highest BCUT2D eigenvalue weighted by Crippen LogP contribution is 2.32. The molecule has 0 amide bonds. The van der Waals surface area contributed by atoms with Gasteiger partial charge in [0.25, 0.3) is 0 Å². The lowest BCUT2D eigenvalue weighted by atomic mass is 10.1. The van der Waals surface area contributed by atoms with Crippen molar-refractivity contribution >= 4 is 17.0 Å². The summed E-state index contributed by atoms with van der Waals surface area (Å²) in [5.74, 6) is -2.76. The third kappa shape index (κ3) is 5.12. The van der Waals surface area contributed by atoms with E-state index in [1.807, 2.05) is 12.1 Å². The smallest absolute Gasteiger partial charge is 0.475 e. The summed E-state index contributed by atoms with van der Waals surface area (Å²) in [6.07, 6.45) is -2.89. The molecule has 0 saturated heterocycles. The fraction of sp³-hybridized carbons (Fsp3) is 0.100. The topological polar surface area (TPSA) is 108 Å². The number of nitriles is 1. The zero-order chi connectivity index (χ0) is 24.4. The molecule has 170 valence electrons. The molecule has 0 aliphatic rings. The van der Waals surface area contributed by atoms with E-state index in [1.165, 1.54) is 10.7 Å².